The van der Waals surface area contributed by atoms with Gasteiger partial charge < -0.3 is 33.2 Å². The predicted octanol–water partition coefficient (Wildman–Crippen LogP) is 8.61. The van der Waals surface area contributed by atoms with Crippen molar-refractivity contribution < 1.29 is 66.7 Å². The Morgan fingerprint density at radius 2 is 0.828 bits per heavy atom. The van der Waals surface area contributed by atoms with Crippen molar-refractivity contribution in [2.24, 2.45) is 47.3 Å². The first-order valence-electron chi connectivity index (χ1n) is 23.6. The molecule has 4 aliphatic rings. The number of methoxy groups -OCH3 is 1. The first-order chi connectivity index (χ1) is 31.0. The molecule has 5 rings (SSSR count). The third kappa shape index (κ3) is 15.3. The molecule has 1 aromatic carbocycles. The number of unbranched alkanes of at least 4 members (excludes halogenated alkanes) is 2. The Morgan fingerprint density at radius 3 is 1.19 bits per heavy atom. The van der Waals surface area contributed by atoms with Gasteiger partial charge in [0.2, 0.25) is 0 Å². The van der Waals surface area contributed by atoms with Gasteiger partial charge in [0.1, 0.15) is 17.1 Å². The van der Waals surface area contributed by atoms with E-state index in [1.54, 1.807) is 0 Å². The Morgan fingerprint density at radius 1 is 0.484 bits per heavy atom. The maximum atomic E-state index is 13.4. The Labute approximate surface area is 377 Å². The minimum Gasteiger partial charge on any atom is -0.465 e. The van der Waals surface area contributed by atoms with Crippen LogP contribution in [0.25, 0.3) is 0 Å². The van der Waals surface area contributed by atoms with Crippen LogP contribution in [0.3, 0.4) is 0 Å². The molecule has 352 valence electrons. The Balaban J connectivity index is 0.984. The normalized spacial score (nSPS) is 25.6. The van der Waals surface area contributed by atoms with Gasteiger partial charge in [-0.25, -0.2) is 14.4 Å². The zero-order valence-electron chi connectivity index (χ0n) is 37.6. The highest BCUT2D eigenvalue weighted by Crippen LogP contribution is 2.44. The number of esters is 7. The van der Waals surface area contributed by atoms with Crippen LogP contribution in [-0.4, -0.2) is 75.3 Å². The lowest BCUT2D eigenvalue weighted by Gasteiger charge is -2.36. The van der Waals surface area contributed by atoms with Gasteiger partial charge in [-0.1, -0.05) is 13.2 Å². The SMILES string of the molecule is C=CC(=O)OCCCCOC(=O)C1CCC(C2CCC(C(=O)Oc3ccc(OC(=O)C4CCC(C5CCC(C(=O)OCCCCOC(=O)C=C)CC5)CC4)c(C(=O)OC)c3)CC2)CC1. The van der Waals surface area contributed by atoms with Gasteiger partial charge in [0, 0.05) is 12.2 Å². The van der Waals surface area contributed by atoms with Crippen LogP contribution in [0.4, 0.5) is 0 Å². The molecule has 0 N–H and O–H groups in total. The Hall–Kier alpha value is -5.01. The van der Waals surface area contributed by atoms with Gasteiger partial charge in [-0.2, -0.15) is 0 Å². The average Bonchev–Trinajstić information content (AvgIpc) is 3.33. The van der Waals surface area contributed by atoms with Gasteiger partial charge in [0.25, 0.3) is 0 Å². The number of ether oxygens (including phenoxy) is 7. The fourth-order valence-electron chi connectivity index (χ4n) is 10.1. The first-order valence-corrected chi connectivity index (χ1v) is 23.6. The van der Waals surface area contributed by atoms with E-state index in [1.807, 2.05) is 0 Å². The molecule has 0 saturated heterocycles. The molecule has 4 fully saturated rings. The molecule has 0 amide bonds. The van der Waals surface area contributed by atoms with Crippen LogP contribution < -0.4 is 9.47 Å². The van der Waals surface area contributed by atoms with Crippen molar-refractivity contribution in [1.29, 1.82) is 0 Å². The van der Waals surface area contributed by atoms with E-state index in [1.165, 1.54) is 25.3 Å². The molecule has 0 aromatic heterocycles. The third-order valence-electron chi connectivity index (χ3n) is 13.9. The third-order valence-corrected chi connectivity index (χ3v) is 13.9. The summed E-state index contributed by atoms with van der Waals surface area (Å²) in [5, 5.41) is 0. The van der Waals surface area contributed by atoms with Gasteiger partial charge in [-0.3, -0.25) is 19.2 Å². The quantitative estimate of drug-likeness (QED) is 0.0376. The van der Waals surface area contributed by atoms with Crippen molar-refractivity contribution in [3.05, 3.63) is 49.1 Å². The second kappa shape index (κ2) is 26.1. The van der Waals surface area contributed by atoms with Gasteiger partial charge in [0.15, 0.2) is 0 Å². The summed E-state index contributed by atoms with van der Waals surface area (Å²) in [4.78, 5) is 87.1. The largest absolute Gasteiger partial charge is 0.465 e. The fourth-order valence-corrected chi connectivity index (χ4v) is 10.1. The molecular formula is C50H68O14. The first kappa shape index (κ1) is 50.0. The van der Waals surface area contributed by atoms with Gasteiger partial charge in [-0.15, -0.1) is 0 Å². The molecular weight excluding hydrogens is 825 g/mol. The molecule has 0 atom stereocenters. The number of benzene rings is 1. The van der Waals surface area contributed by atoms with Crippen LogP contribution in [0.1, 0.15) is 139 Å². The van der Waals surface area contributed by atoms with E-state index in [2.05, 4.69) is 13.2 Å². The summed E-state index contributed by atoms with van der Waals surface area (Å²) in [5.41, 5.74) is 0.00822. The van der Waals surface area contributed by atoms with E-state index < -0.39 is 23.9 Å². The van der Waals surface area contributed by atoms with E-state index in [-0.39, 0.29) is 71.9 Å². The van der Waals surface area contributed by atoms with Gasteiger partial charge in [0.05, 0.1) is 57.2 Å². The van der Waals surface area contributed by atoms with E-state index in [0.29, 0.717) is 88.3 Å². The molecule has 0 spiro atoms. The summed E-state index contributed by atoms with van der Waals surface area (Å²) < 4.78 is 37.4. The summed E-state index contributed by atoms with van der Waals surface area (Å²) >= 11 is 0. The zero-order valence-corrected chi connectivity index (χ0v) is 37.6. The average molecular weight is 893 g/mol. The zero-order chi connectivity index (χ0) is 45.8. The molecule has 1 aromatic rings. The number of carbonyl (C=O) groups is 7. The standard InChI is InChI=1S/C50H68O14/c1-4-44(51)59-28-6-8-30-61-46(53)37-18-10-33(11-19-37)35-14-22-39(23-15-35)48(55)63-41-26-27-43(42(32-41)50(57)58-3)64-49(56)40-24-16-36(17-25-40)34-12-20-38(21-13-34)47(54)62-31-9-7-29-60-45(52)5-2/h4-5,26-27,32-40H,1-2,6-25,28-31H2,3H3. The fraction of sp³-hybridized carbons (Fsp3) is 0.660. The number of carbonyl (C=O) groups excluding carboxylic acids is 7. The van der Waals surface area contributed by atoms with Crippen LogP contribution in [-0.2, 0) is 52.5 Å². The smallest absolute Gasteiger partial charge is 0.341 e. The molecule has 0 bridgehead atoms. The van der Waals surface area contributed by atoms with Gasteiger partial charge in [-0.05, 0) is 170 Å². The van der Waals surface area contributed by atoms with Crippen molar-refractivity contribution in [3.63, 3.8) is 0 Å². The van der Waals surface area contributed by atoms with Crippen LogP contribution in [0, 0.1) is 47.3 Å². The molecule has 0 unspecified atom stereocenters. The van der Waals surface area contributed by atoms with Crippen LogP contribution >= 0.6 is 0 Å². The molecule has 0 radical (unpaired) electrons. The molecule has 64 heavy (non-hydrogen) atoms. The maximum absolute atomic E-state index is 13.4. The summed E-state index contributed by atoms with van der Waals surface area (Å²) in [6.45, 7) is 7.89. The topological polar surface area (TPSA) is 184 Å². The minimum absolute atomic E-state index is 0.00822. The van der Waals surface area contributed by atoms with Crippen molar-refractivity contribution >= 4 is 41.8 Å². The highest BCUT2D eigenvalue weighted by molar-refractivity contribution is 5.94. The molecule has 14 nitrogen and oxygen atoms in total. The number of rotatable bonds is 21. The maximum Gasteiger partial charge on any atom is 0.341 e. The second-order valence-corrected chi connectivity index (χ2v) is 17.9. The highest BCUT2D eigenvalue weighted by atomic mass is 16.6. The van der Waals surface area contributed by atoms with Crippen molar-refractivity contribution in [2.75, 3.05) is 33.5 Å². The second-order valence-electron chi connectivity index (χ2n) is 17.9. The van der Waals surface area contributed by atoms with Crippen LogP contribution in [0.15, 0.2) is 43.5 Å². The monoisotopic (exact) mass is 892 g/mol. The summed E-state index contributed by atoms with van der Waals surface area (Å²) in [5.74, 6) is -1.27. The number of hydrogen-bond donors (Lipinski definition) is 0. The molecule has 4 saturated carbocycles. The molecule has 0 heterocycles. The van der Waals surface area contributed by atoms with E-state index in [4.69, 9.17) is 33.2 Å². The molecule has 0 aliphatic heterocycles. The van der Waals surface area contributed by atoms with Crippen molar-refractivity contribution in [1.82, 2.24) is 0 Å². The van der Waals surface area contributed by atoms with Gasteiger partial charge >= 0.3 is 41.8 Å². The van der Waals surface area contributed by atoms with E-state index in [0.717, 1.165) is 89.2 Å². The predicted molar refractivity (Wildman–Crippen MR) is 234 cm³/mol. The van der Waals surface area contributed by atoms with Crippen LogP contribution in [0.5, 0.6) is 11.5 Å². The molecule has 14 heteroatoms. The summed E-state index contributed by atoms with van der Waals surface area (Å²) in [6, 6.07) is 4.42. The molecule has 4 aliphatic carbocycles. The van der Waals surface area contributed by atoms with Crippen LogP contribution in [0.2, 0.25) is 0 Å². The Kier molecular flexibility index (Phi) is 20.4. The summed E-state index contributed by atoms with van der Waals surface area (Å²) in [7, 11) is 1.24. The van der Waals surface area contributed by atoms with Crippen molar-refractivity contribution in [2.45, 2.75) is 128 Å². The number of hydrogen-bond acceptors (Lipinski definition) is 14. The van der Waals surface area contributed by atoms with Crippen molar-refractivity contribution in [3.8, 4) is 11.5 Å². The minimum atomic E-state index is -0.706. The lowest BCUT2D eigenvalue weighted by atomic mass is 9.69. The Bertz CT molecular complexity index is 1750. The highest BCUT2D eigenvalue weighted by Gasteiger charge is 2.37. The lowest BCUT2D eigenvalue weighted by Crippen LogP contribution is -2.32. The summed E-state index contributed by atoms with van der Waals surface area (Å²) in [6.07, 6.45) is 18.0. The lowest BCUT2D eigenvalue weighted by molar-refractivity contribution is -0.151. The van der Waals surface area contributed by atoms with E-state index >= 15 is 0 Å². The van der Waals surface area contributed by atoms with E-state index in [9.17, 15) is 33.6 Å².